The number of rotatable bonds is 4. The second-order valence-electron chi connectivity index (χ2n) is 15.3. The fourth-order valence-corrected chi connectivity index (χ4v) is 10.4. The van der Waals surface area contributed by atoms with Crippen LogP contribution in [0.15, 0.2) is 24.3 Å². The Morgan fingerprint density at radius 1 is 0.902 bits per heavy atom. The van der Waals surface area contributed by atoms with Crippen molar-refractivity contribution >= 4 is 5.78 Å². The number of carbonyl (C=O) groups excluding carboxylic acids is 1. The van der Waals surface area contributed by atoms with Crippen LogP contribution < -0.4 is 0 Å². The van der Waals surface area contributed by atoms with Gasteiger partial charge in [0.2, 0.25) is 0 Å². The lowest BCUT2D eigenvalue weighted by Crippen LogP contribution is -2.62. The first-order valence-electron chi connectivity index (χ1n) is 16.1. The highest BCUT2D eigenvalue weighted by Gasteiger charge is 2.61. The molecule has 1 aliphatic heterocycles. The topological polar surface area (TPSA) is 43.8 Å². The molecule has 0 bridgehead atoms. The van der Waals surface area contributed by atoms with Crippen molar-refractivity contribution in [1.29, 1.82) is 0 Å². The number of Topliss-reactive ketones (excluding diaryl/α,β-unsaturated/α-hetero) is 1. The number of benzene rings is 1. The summed E-state index contributed by atoms with van der Waals surface area (Å²) in [5.74, 6) is 2.97. The van der Waals surface area contributed by atoms with Gasteiger partial charge < -0.3 is 5.11 Å². The molecular weight excluding hydrogens is 525 g/mol. The molecule has 1 N–H and O–H groups in total. The lowest BCUT2D eigenvalue weighted by atomic mass is 9.44. The van der Waals surface area contributed by atoms with Crippen LogP contribution in [0.2, 0.25) is 0 Å². The molecule has 1 aromatic carbocycles. The summed E-state index contributed by atoms with van der Waals surface area (Å²) in [6.07, 6.45) is 4.96. The Hall–Kier alpha value is -1.44. The van der Waals surface area contributed by atoms with Crippen molar-refractivity contribution in [2.24, 2.45) is 34.5 Å². The molecule has 2 unspecified atom stereocenters. The molecule has 9 atom stereocenters. The predicted molar refractivity (Wildman–Crippen MR) is 154 cm³/mol. The van der Waals surface area contributed by atoms with Crippen molar-refractivity contribution in [3.05, 3.63) is 35.4 Å². The van der Waals surface area contributed by atoms with Crippen molar-refractivity contribution in [3.63, 3.8) is 0 Å². The molecule has 0 spiro atoms. The number of hydrogen-bond acceptors (Lipinski definition) is 4. The van der Waals surface area contributed by atoms with E-state index in [2.05, 4.69) is 37.5 Å². The van der Waals surface area contributed by atoms with E-state index in [9.17, 15) is 23.1 Å². The zero-order valence-corrected chi connectivity index (χ0v) is 25.3. The highest BCUT2D eigenvalue weighted by atomic mass is 19.4. The standard InChI is InChI=1S/C34H49F3N2O2/c1-22-19-39(23(2)18-38(22)20-24-5-7-25(8-6-24)34(35,36)37)21-33(41)16-15-31(3)26(17-33)9-10-27-28-11-12-30(40)32(28,4)14-13-29(27)31/h5-8,22-23,26-29,41H,9-21H2,1-4H3/t22?,23?,26-,27-,28-,29-,31-,32-,33+/m0/s1. The summed E-state index contributed by atoms with van der Waals surface area (Å²) >= 11 is 0. The number of hydrogen-bond donors (Lipinski definition) is 1. The van der Waals surface area contributed by atoms with Crippen molar-refractivity contribution in [3.8, 4) is 0 Å². The highest BCUT2D eigenvalue weighted by Crippen LogP contribution is 2.66. The Kier molecular flexibility index (Phi) is 7.47. The molecule has 0 amide bonds. The normalized spacial score (nSPS) is 43.9. The van der Waals surface area contributed by atoms with Crippen LogP contribution in [-0.2, 0) is 17.5 Å². The van der Waals surface area contributed by atoms with Gasteiger partial charge >= 0.3 is 6.18 Å². The summed E-state index contributed by atoms with van der Waals surface area (Å²) in [5, 5.41) is 12.0. The number of β-amino-alcohol motifs (C(OH)–C–C–N with tert-alkyl or cyclic N) is 1. The van der Waals surface area contributed by atoms with Crippen LogP contribution in [0.4, 0.5) is 13.2 Å². The molecule has 4 nitrogen and oxygen atoms in total. The van der Waals surface area contributed by atoms with Gasteiger partial charge in [0, 0.05) is 50.1 Å². The largest absolute Gasteiger partial charge is 0.416 e. The van der Waals surface area contributed by atoms with E-state index in [1.807, 2.05) is 0 Å². The van der Waals surface area contributed by atoms with Gasteiger partial charge in [-0.05, 0) is 112 Å². The molecule has 5 aliphatic rings. The molecule has 7 heteroatoms. The van der Waals surface area contributed by atoms with Crippen LogP contribution >= 0.6 is 0 Å². The Morgan fingerprint density at radius 2 is 1.59 bits per heavy atom. The summed E-state index contributed by atoms with van der Waals surface area (Å²) in [4.78, 5) is 17.6. The predicted octanol–water partition coefficient (Wildman–Crippen LogP) is 6.94. The third-order valence-electron chi connectivity index (χ3n) is 12.9. The van der Waals surface area contributed by atoms with E-state index in [1.165, 1.54) is 31.4 Å². The molecule has 1 aromatic rings. The number of nitrogens with zero attached hydrogens (tertiary/aromatic N) is 2. The first kappa shape index (κ1) is 29.6. The fraction of sp³-hybridized carbons (Fsp3) is 0.794. The van der Waals surface area contributed by atoms with Gasteiger partial charge in [-0.15, -0.1) is 0 Å². The fourth-order valence-electron chi connectivity index (χ4n) is 10.4. The maximum Gasteiger partial charge on any atom is 0.416 e. The van der Waals surface area contributed by atoms with E-state index in [0.29, 0.717) is 42.5 Å². The summed E-state index contributed by atoms with van der Waals surface area (Å²) in [7, 11) is 0. The molecule has 6 rings (SSSR count). The monoisotopic (exact) mass is 574 g/mol. The summed E-state index contributed by atoms with van der Waals surface area (Å²) in [5.41, 5.74) is -0.194. The average Bonchev–Trinajstić information content (AvgIpc) is 3.21. The molecule has 1 heterocycles. The Morgan fingerprint density at radius 3 is 2.29 bits per heavy atom. The van der Waals surface area contributed by atoms with Crippen molar-refractivity contribution in [1.82, 2.24) is 9.80 Å². The number of piperazine rings is 1. The highest BCUT2D eigenvalue weighted by molar-refractivity contribution is 5.87. The van der Waals surface area contributed by atoms with E-state index in [1.54, 1.807) is 12.1 Å². The maximum atomic E-state index is 13.0. The van der Waals surface area contributed by atoms with E-state index in [4.69, 9.17) is 0 Å². The van der Waals surface area contributed by atoms with Crippen molar-refractivity contribution in [2.75, 3.05) is 19.6 Å². The molecule has 0 aromatic heterocycles. The van der Waals surface area contributed by atoms with Crippen LogP contribution in [-0.4, -0.2) is 58.0 Å². The summed E-state index contributed by atoms with van der Waals surface area (Å²) in [6.45, 7) is 12.2. The number of ketones is 1. The zero-order chi connectivity index (χ0) is 29.4. The van der Waals surface area contributed by atoms with Crippen molar-refractivity contribution < 1.29 is 23.1 Å². The maximum absolute atomic E-state index is 13.0. The van der Waals surface area contributed by atoms with E-state index < -0.39 is 17.3 Å². The molecular formula is C34H49F3N2O2. The van der Waals surface area contributed by atoms with Crippen LogP contribution in [0.5, 0.6) is 0 Å². The minimum absolute atomic E-state index is 0.0821. The Labute approximate surface area is 244 Å². The van der Waals surface area contributed by atoms with E-state index in [0.717, 1.165) is 57.2 Å². The van der Waals surface area contributed by atoms with Gasteiger partial charge in [0.1, 0.15) is 5.78 Å². The van der Waals surface area contributed by atoms with E-state index >= 15 is 0 Å². The third-order valence-corrected chi connectivity index (χ3v) is 12.9. The lowest BCUT2D eigenvalue weighted by molar-refractivity contribution is -0.160. The quantitative estimate of drug-likeness (QED) is 0.423. The zero-order valence-electron chi connectivity index (χ0n) is 25.3. The van der Waals surface area contributed by atoms with Crippen LogP contribution in [0.25, 0.3) is 0 Å². The molecule has 1 saturated heterocycles. The number of halogens is 3. The number of carbonyl (C=O) groups is 1. The smallest absolute Gasteiger partial charge is 0.389 e. The summed E-state index contributed by atoms with van der Waals surface area (Å²) in [6, 6.07) is 6.08. The molecule has 228 valence electrons. The first-order chi connectivity index (χ1) is 19.2. The molecule has 5 fully saturated rings. The van der Waals surface area contributed by atoms with Crippen molar-refractivity contribution in [2.45, 2.75) is 116 Å². The Bertz CT molecular complexity index is 1140. The van der Waals surface area contributed by atoms with Gasteiger partial charge in [0.25, 0.3) is 0 Å². The van der Waals surface area contributed by atoms with Gasteiger partial charge in [-0.2, -0.15) is 13.2 Å². The molecule has 0 radical (unpaired) electrons. The minimum atomic E-state index is -4.31. The van der Waals surface area contributed by atoms with Crippen LogP contribution in [0.1, 0.15) is 96.6 Å². The molecule has 4 saturated carbocycles. The SMILES string of the molecule is CC1CN(C[C@@]2(O)CC[C@@]3(C)[C@@H](CC[C@@H]4[C@@H]3CC[C@]3(C)C(=O)CC[C@@H]43)C2)C(C)CN1Cc1ccc(C(F)(F)F)cc1. The lowest BCUT2D eigenvalue weighted by Gasteiger charge is -2.61. The minimum Gasteiger partial charge on any atom is -0.389 e. The van der Waals surface area contributed by atoms with Crippen LogP contribution in [0.3, 0.4) is 0 Å². The van der Waals surface area contributed by atoms with Gasteiger partial charge in [0.05, 0.1) is 11.2 Å². The van der Waals surface area contributed by atoms with Gasteiger partial charge in [0.15, 0.2) is 0 Å². The van der Waals surface area contributed by atoms with Gasteiger partial charge in [-0.1, -0.05) is 26.0 Å². The van der Waals surface area contributed by atoms with Crippen LogP contribution in [0, 0.1) is 34.5 Å². The molecule has 41 heavy (non-hydrogen) atoms. The number of alkyl halides is 3. The molecule has 4 aliphatic carbocycles. The van der Waals surface area contributed by atoms with Gasteiger partial charge in [-0.25, -0.2) is 0 Å². The third kappa shape index (κ3) is 5.20. The number of aliphatic hydroxyl groups is 1. The van der Waals surface area contributed by atoms with Gasteiger partial charge in [-0.3, -0.25) is 14.6 Å². The summed E-state index contributed by atoms with van der Waals surface area (Å²) < 4.78 is 38.9. The average molecular weight is 575 g/mol. The second kappa shape index (κ2) is 10.3. The first-order valence-corrected chi connectivity index (χ1v) is 16.1. The Balaban J connectivity index is 1.07. The number of fused-ring (bicyclic) bond motifs is 5. The second-order valence-corrected chi connectivity index (χ2v) is 15.3. The van der Waals surface area contributed by atoms with E-state index in [-0.39, 0.29) is 22.9 Å².